The van der Waals surface area contributed by atoms with Crippen LogP contribution in [0.3, 0.4) is 0 Å². The number of likely N-dealkylation sites (tertiary alicyclic amines) is 1. The lowest BCUT2D eigenvalue weighted by atomic mass is 10.1. The fraction of sp³-hybridized carbons (Fsp3) is 0.778. The van der Waals surface area contributed by atoms with Crippen LogP contribution in [-0.2, 0) is 0 Å². The van der Waals surface area contributed by atoms with Crippen LogP contribution in [-0.4, -0.2) is 24.5 Å². The number of hydrogen-bond acceptors (Lipinski definition) is 1. The van der Waals surface area contributed by atoms with Crippen LogP contribution in [0, 0.1) is 0 Å². The zero-order valence-corrected chi connectivity index (χ0v) is 6.68. The quantitative estimate of drug-likeness (QED) is 0.541. The van der Waals surface area contributed by atoms with E-state index in [1.807, 2.05) is 6.08 Å². The molecule has 10 heavy (non-hydrogen) atoms. The van der Waals surface area contributed by atoms with Crippen molar-refractivity contribution in [2.75, 3.05) is 19.6 Å². The number of piperidine rings is 1. The summed E-state index contributed by atoms with van der Waals surface area (Å²) >= 11 is 0. The molecular formula is C9H17N. The van der Waals surface area contributed by atoms with Crippen LogP contribution in [0.2, 0.25) is 0 Å². The first kappa shape index (κ1) is 7.80. The van der Waals surface area contributed by atoms with E-state index in [9.17, 15) is 0 Å². The zero-order chi connectivity index (χ0) is 7.23. The van der Waals surface area contributed by atoms with Crippen molar-refractivity contribution < 1.29 is 0 Å². The SMILES string of the molecule is C=CCCN1CCCCC1. The molecule has 0 saturated carbocycles. The lowest BCUT2D eigenvalue weighted by Gasteiger charge is -2.25. The summed E-state index contributed by atoms with van der Waals surface area (Å²) in [4.78, 5) is 2.53. The maximum atomic E-state index is 3.72. The van der Waals surface area contributed by atoms with Crippen molar-refractivity contribution in [2.24, 2.45) is 0 Å². The van der Waals surface area contributed by atoms with Gasteiger partial charge >= 0.3 is 0 Å². The average Bonchev–Trinajstić information content (AvgIpc) is 2.03. The molecule has 0 radical (unpaired) electrons. The molecule has 1 heterocycles. The lowest BCUT2D eigenvalue weighted by Crippen LogP contribution is -2.30. The molecule has 0 N–H and O–H groups in total. The van der Waals surface area contributed by atoms with Gasteiger partial charge in [-0.15, -0.1) is 6.58 Å². The topological polar surface area (TPSA) is 3.24 Å². The third-order valence-corrected chi connectivity index (χ3v) is 2.10. The number of hydrogen-bond donors (Lipinski definition) is 0. The molecule has 0 unspecified atom stereocenters. The van der Waals surface area contributed by atoms with E-state index in [1.165, 1.54) is 38.9 Å². The molecule has 1 heteroatoms. The lowest BCUT2D eigenvalue weighted by molar-refractivity contribution is 0.233. The first-order chi connectivity index (χ1) is 4.93. The molecule has 0 aromatic heterocycles. The van der Waals surface area contributed by atoms with E-state index in [2.05, 4.69) is 11.5 Å². The number of nitrogens with zero attached hydrogens (tertiary/aromatic N) is 1. The van der Waals surface area contributed by atoms with Gasteiger partial charge in [0.05, 0.1) is 0 Å². The molecule has 0 aliphatic carbocycles. The Kier molecular flexibility index (Phi) is 3.52. The molecule has 1 aliphatic rings. The monoisotopic (exact) mass is 139 g/mol. The summed E-state index contributed by atoms with van der Waals surface area (Å²) in [5.74, 6) is 0. The van der Waals surface area contributed by atoms with Crippen LogP contribution >= 0.6 is 0 Å². The van der Waals surface area contributed by atoms with Gasteiger partial charge in [0.1, 0.15) is 0 Å². The van der Waals surface area contributed by atoms with Crippen molar-refractivity contribution in [3.8, 4) is 0 Å². The van der Waals surface area contributed by atoms with Gasteiger partial charge < -0.3 is 4.90 Å². The van der Waals surface area contributed by atoms with Gasteiger partial charge in [0.25, 0.3) is 0 Å². The van der Waals surface area contributed by atoms with Crippen molar-refractivity contribution in [2.45, 2.75) is 25.7 Å². The highest BCUT2D eigenvalue weighted by Crippen LogP contribution is 2.08. The van der Waals surface area contributed by atoms with Crippen LogP contribution in [0.4, 0.5) is 0 Å². The smallest absolute Gasteiger partial charge is 0.00158 e. The minimum absolute atomic E-state index is 1.15. The predicted octanol–water partition coefficient (Wildman–Crippen LogP) is 2.05. The molecule has 0 amide bonds. The zero-order valence-electron chi connectivity index (χ0n) is 6.68. The Morgan fingerprint density at radius 1 is 1.20 bits per heavy atom. The average molecular weight is 139 g/mol. The highest BCUT2D eigenvalue weighted by atomic mass is 15.1. The molecule has 1 aliphatic heterocycles. The van der Waals surface area contributed by atoms with Gasteiger partial charge in [-0.05, 0) is 32.4 Å². The van der Waals surface area contributed by atoms with Crippen LogP contribution in [0.1, 0.15) is 25.7 Å². The molecule has 0 spiro atoms. The Morgan fingerprint density at radius 2 is 1.90 bits per heavy atom. The molecule has 0 bridgehead atoms. The highest BCUT2D eigenvalue weighted by molar-refractivity contribution is 4.71. The van der Waals surface area contributed by atoms with E-state index in [0.717, 1.165) is 6.42 Å². The maximum absolute atomic E-state index is 3.72. The summed E-state index contributed by atoms with van der Waals surface area (Å²) in [6.45, 7) is 7.57. The molecule has 1 saturated heterocycles. The summed E-state index contributed by atoms with van der Waals surface area (Å²) in [6.07, 6.45) is 7.40. The Balaban J connectivity index is 2.07. The summed E-state index contributed by atoms with van der Waals surface area (Å²) in [5.41, 5.74) is 0. The first-order valence-corrected chi connectivity index (χ1v) is 4.27. The molecule has 1 fully saturated rings. The normalized spacial score (nSPS) is 20.8. The second kappa shape index (κ2) is 4.51. The van der Waals surface area contributed by atoms with Crippen LogP contribution in [0.15, 0.2) is 12.7 Å². The van der Waals surface area contributed by atoms with Gasteiger partial charge in [-0.25, -0.2) is 0 Å². The van der Waals surface area contributed by atoms with E-state index in [4.69, 9.17) is 0 Å². The second-order valence-electron chi connectivity index (χ2n) is 2.98. The van der Waals surface area contributed by atoms with E-state index >= 15 is 0 Å². The van der Waals surface area contributed by atoms with E-state index in [-0.39, 0.29) is 0 Å². The summed E-state index contributed by atoms with van der Waals surface area (Å²) in [5, 5.41) is 0. The standard InChI is InChI=1S/C9H17N/c1-2-3-7-10-8-5-4-6-9-10/h2H,1,3-9H2. The van der Waals surface area contributed by atoms with E-state index in [1.54, 1.807) is 0 Å². The fourth-order valence-electron chi connectivity index (χ4n) is 1.46. The minimum Gasteiger partial charge on any atom is -0.303 e. The fourth-order valence-corrected chi connectivity index (χ4v) is 1.46. The van der Waals surface area contributed by atoms with Crippen LogP contribution < -0.4 is 0 Å². The van der Waals surface area contributed by atoms with Crippen molar-refractivity contribution in [3.63, 3.8) is 0 Å². The van der Waals surface area contributed by atoms with Gasteiger partial charge in [0.2, 0.25) is 0 Å². The summed E-state index contributed by atoms with van der Waals surface area (Å²) in [7, 11) is 0. The molecule has 0 aromatic rings. The van der Waals surface area contributed by atoms with Crippen molar-refractivity contribution in [1.29, 1.82) is 0 Å². The molecule has 58 valence electrons. The second-order valence-corrected chi connectivity index (χ2v) is 2.98. The minimum atomic E-state index is 1.15. The predicted molar refractivity (Wildman–Crippen MR) is 45.1 cm³/mol. The Bertz CT molecular complexity index is 92.9. The molecule has 1 nitrogen and oxygen atoms in total. The van der Waals surface area contributed by atoms with Crippen molar-refractivity contribution in [1.82, 2.24) is 4.90 Å². The molecular weight excluding hydrogens is 122 g/mol. The van der Waals surface area contributed by atoms with Gasteiger partial charge in [0, 0.05) is 6.54 Å². The van der Waals surface area contributed by atoms with Crippen molar-refractivity contribution >= 4 is 0 Å². The third kappa shape index (κ3) is 2.53. The van der Waals surface area contributed by atoms with Gasteiger partial charge in [-0.2, -0.15) is 0 Å². The molecule has 0 atom stereocenters. The van der Waals surface area contributed by atoms with Gasteiger partial charge in [-0.3, -0.25) is 0 Å². The largest absolute Gasteiger partial charge is 0.303 e. The third-order valence-electron chi connectivity index (χ3n) is 2.10. The Labute approximate surface area is 63.7 Å². The van der Waals surface area contributed by atoms with Gasteiger partial charge in [0.15, 0.2) is 0 Å². The van der Waals surface area contributed by atoms with Gasteiger partial charge in [-0.1, -0.05) is 12.5 Å². The van der Waals surface area contributed by atoms with E-state index < -0.39 is 0 Å². The number of rotatable bonds is 3. The van der Waals surface area contributed by atoms with Crippen molar-refractivity contribution in [3.05, 3.63) is 12.7 Å². The van der Waals surface area contributed by atoms with E-state index in [0.29, 0.717) is 0 Å². The Hall–Kier alpha value is -0.300. The molecule has 1 rings (SSSR count). The maximum Gasteiger partial charge on any atom is 0.00158 e. The highest BCUT2D eigenvalue weighted by Gasteiger charge is 2.07. The first-order valence-electron chi connectivity index (χ1n) is 4.27. The van der Waals surface area contributed by atoms with Crippen LogP contribution in [0.25, 0.3) is 0 Å². The van der Waals surface area contributed by atoms with Crippen LogP contribution in [0.5, 0.6) is 0 Å². The summed E-state index contributed by atoms with van der Waals surface area (Å²) in [6, 6.07) is 0. The molecule has 0 aromatic carbocycles. The summed E-state index contributed by atoms with van der Waals surface area (Å²) < 4.78 is 0. The Morgan fingerprint density at radius 3 is 2.50 bits per heavy atom.